The van der Waals surface area contributed by atoms with Crippen molar-refractivity contribution in [2.24, 2.45) is 11.3 Å². The highest BCUT2D eigenvalue weighted by Gasteiger charge is 2.52. The fourth-order valence-corrected chi connectivity index (χ4v) is 5.86. The molecule has 4 aromatic rings. The van der Waals surface area contributed by atoms with Crippen LogP contribution in [0.5, 0.6) is 5.75 Å². The molecule has 0 aliphatic carbocycles. The van der Waals surface area contributed by atoms with Crippen molar-refractivity contribution in [1.82, 2.24) is 10.2 Å². The molecule has 0 saturated carbocycles. The number of nitrogens with zero attached hydrogens (tertiary/aromatic N) is 4. The van der Waals surface area contributed by atoms with Crippen molar-refractivity contribution >= 4 is 28.2 Å². The highest BCUT2D eigenvalue weighted by atomic mass is 16.4. The molecule has 2 saturated heterocycles. The third-order valence-electron chi connectivity index (χ3n) is 7.75. The first-order valence-corrected chi connectivity index (χ1v) is 12.7. The molecular formula is C30H30N4O3. The summed E-state index contributed by atoms with van der Waals surface area (Å²) in [6.07, 6.45) is 0. The molecule has 1 unspecified atom stereocenters. The summed E-state index contributed by atoms with van der Waals surface area (Å²) in [4.78, 5) is 16.5. The molecule has 0 bridgehead atoms. The van der Waals surface area contributed by atoms with Gasteiger partial charge >= 0.3 is 5.97 Å². The summed E-state index contributed by atoms with van der Waals surface area (Å²) in [5.74, 6) is -1.02. The number of hydrogen-bond donors (Lipinski definition) is 2. The van der Waals surface area contributed by atoms with Crippen LogP contribution in [-0.2, 0) is 4.79 Å². The maximum Gasteiger partial charge on any atom is 0.311 e. The Bertz CT molecular complexity index is 1490. The Balaban J connectivity index is 1.12. The molecule has 7 nitrogen and oxygen atoms in total. The molecular weight excluding hydrogens is 464 g/mol. The Hall–Kier alpha value is -4.13. The summed E-state index contributed by atoms with van der Waals surface area (Å²) in [5, 5.41) is 29.6. The summed E-state index contributed by atoms with van der Waals surface area (Å²) in [5.41, 5.74) is 5.56. The smallest absolute Gasteiger partial charge is 0.311 e. The summed E-state index contributed by atoms with van der Waals surface area (Å²) < 4.78 is 0. The van der Waals surface area contributed by atoms with E-state index in [0.29, 0.717) is 11.3 Å². The molecule has 2 fully saturated rings. The van der Waals surface area contributed by atoms with Crippen LogP contribution in [0, 0.1) is 11.3 Å². The number of carboxylic acid groups (broad SMARTS) is 1. The summed E-state index contributed by atoms with van der Waals surface area (Å²) in [6.45, 7) is 7.84. The maximum atomic E-state index is 11.8. The Morgan fingerprint density at radius 1 is 0.865 bits per heavy atom. The van der Waals surface area contributed by atoms with E-state index in [-0.39, 0.29) is 17.1 Å². The second-order valence-electron chi connectivity index (χ2n) is 10.9. The number of carbonyl (C=O) groups is 1. The molecule has 188 valence electrons. The van der Waals surface area contributed by atoms with E-state index in [1.165, 1.54) is 0 Å². The first kappa shape index (κ1) is 23.3. The molecule has 2 aliphatic heterocycles. The van der Waals surface area contributed by atoms with Crippen molar-refractivity contribution in [3.63, 3.8) is 0 Å². The number of phenols is 1. The number of hydrogen-bond acceptors (Lipinski definition) is 6. The Labute approximate surface area is 216 Å². The highest BCUT2D eigenvalue weighted by Crippen LogP contribution is 2.44. The largest absolute Gasteiger partial charge is 0.507 e. The van der Waals surface area contributed by atoms with Crippen molar-refractivity contribution in [2.45, 2.75) is 19.8 Å². The van der Waals surface area contributed by atoms with Gasteiger partial charge in [0.2, 0.25) is 0 Å². The van der Waals surface area contributed by atoms with Gasteiger partial charge in [-0.25, -0.2) is 0 Å². The van der Waals surface area contributed by atoms with Crippen LogP contribution in [0.15, 0.2) is 72.8 Å². The zero-order chi connectivity index (χ0) is 25.7. The van der Waals surface area contributed by atoms with Gasteiger partial charge in [-0.3, -0.25) is 4.79 Å². The second kappa shape index (κ2) is 8.76. The molecule has 1 spiro atoms. The van der Waals surface area contributed by atoms with Gasteiger partial charge in [0.25, 0.3) is 0 Å². The van der Waals surface area contributed by atoms with Gasteiger partial charge in [0.05, 0.1) is 17.1 Å². The van der Waals surface area contributed by atoms with Gasteiger partial charge in [-0.1, -0.05) is 44.2 Å². The number of aromatic nitrogens is 2. The van der Waals surface area contributed by atoms with Gasteiger partial charge in [-0.15, -0.1) is 10.2 Å². The molecule has 6 rings (SSSR count). The zero-order valence-electron chi connectivity index (χ0n) is 21.0. The van der Waals surface area contributed by atoms with Crippen molar-refractivity contribution in [1.29, 1.82) is 0 Å². The van der Waals surface area contributed by atoms with Crippen LogP contribution in [0.1, 0.15) is 25.3 Å². The number of anilines is 2. The van der Waals surface area contributed by atoms with Gasteiger partial charge in [0, 0.05) is 53.9 Å². The number of aromatic hydroxyl groups is 1. The summed E-state index contributed by atoms with van der Waals surface area (Å²) in [6, 6.07) is 23.4. The predicted octanol–water partition coefficient (Wildman–Crippen LogP) is 5.15. The minimum absolute atomic E-state index is 0.0411. The predicted molar refractivity (Wildman–Crippen MR) is 145 cm³/mol. The molecule has 0 radical (unpaired) electrons. The first-order chi connectivity index (χ1) is 17.8. The number of rotatable bonds is 6. The first-order valence-electron chi connectivity index (χ1n) is 12.7. The van der Waals surface area contributed by atoms with E-state index < -0.39 is 11.9 Å². The monoisotopic (exact) mass is 494 g/mol. The fourth-order valence-electron chi connectivity index (χ4n) is 5.86. The van der Waals surface area contributed by atoms with Gasteiger partial charge < -0.3 is 20.0 Å². The van der Waals surface area contributed by atoms with Crippen molar-refractivity contribution in [2.75, 3.05) is 36.0 Å². The van der Waals surface area contributed by atoms with E-state index in [1.54, 1.807) is 12.1 Å². The molecule has 2 N–H and O–H groups in total. The minimum Gasteiger partial charge on any atom is -0.507 e. The van der Waals surface area contributed by atoms with Gasteiger partial charge in [0.15, 0.2) is 0 Å². The molecule has 37 heavy (non-hydrogen) atoms. The Morgan fingerprint density at radius 2 is 1.57 bits per heavy atom. The third-order valence-corrected chi connectivity index (χ3v) is 7.75. The van der Waals surface area contributed by atoms with Crippen LogP contribution in [-0.4, -0.2) is 52.6 Å². The highest BCUT2D eigenvalue weighted by molar-refractivity contribution is 5.86. The maximum absolute atomic E-state index is 11.8. The zero-order valence-corrected chi connectivity index (χ0v) is 21.0. The van der Waals surface area contributed by atoms with E-state index in [0.717, 1.165) is 54.0 Å². The van der Waals surface area contributed by atoms with E-state index in [4.69, 9.17) is 0 Å². The molecule has 1 aromatic heterocycles. The van der Waals surface area contributed by atoms with Gasteiger partial charge in [-0.05, 0) is 53.9 Å². The molecule has 3 aromatic carbocycles. The van der Waals surface area contributed by atoms with E-state index in [1.807, 2.05) is 50.2 Å². The lowest BCUT2D eigenvalue weighted by molar-refractivity contribution is -0.139. The lowest BCUT2D eigenvalue weighted by Gasteiger charge is -2.61. The number of benzene rings is 3. The third kappa shape index (κ3) is 4.14. The van der Waals surface area contributed by atoms with Crippen LogP contribution in [0.3, 0.4) is 0 Å². The molecule has 7 heteroatoms. The lowest BCUT2D eigenvalue weighted by Crippen LogP contribution is -2.72. The van der Waals surface area contributed by atoms with Crippen LogP contribution < -0.4 is 9.80 Å². The quantitative estimate of drug-likeness (QED) is 0.383. The summed E-state index contributed by atoms with van der Waals surface area (Å²) >= 11 is 0. The van der Waals surface area contributed by atoms with Crippen LogP contribution in [0.4, 0.5) is 11.4 Å². The number of aliphatic carboxylic acids is 1. The van der Waals surface area contributed by atoms with Gasteiger partial charge in [0.1, 0.15) is 5.75 Å². The van der Waals surface area contributed by atoms with Crippen LogP contribution >= 0.6 is 0 Å². The number of fused-ring (bicyclic) bond motifs is 1. The number of phenolic OH excluding ortho intramolecular Hbond substituents is 1. The molecule has 0 amide bonds. The van der Waals surface area contributed by atoms with E-state index in [9.17, 15) is 15.0 Å². The van der Waals surface area contributed by atoms with E-state index in [2.05, 4.69) is 44.3 Å². The van der Waals surface area contributed by atoms with Crippen LogP contribution in [0.2, 0.25) is 0 Å². The topological polar surface area (TPSA) is 89.8 Å². The van der Waals surface area contributed by atoms with Crippen molar-refractivity contribution < 1.29 is 15.0 Å². The van der Waals surface area contributed by atoms with Gasteiger partial charge in [-0.2, -0.15) is 0 Å². The normalized spacial score (nSPS) is 17.1. The van der Waals surface area contributed by atoms with Crippen LogP contribution in [0.25, 0.3) is 22.2 Å². The molecule has 2 aliphatic rings. The fraction of sp³-hybridized carbons (Fsp3) is 0.300. The number of para-hydroxylation sites is 1. The minimum atomic E-state index is -0.767. The average molecular weight is 495 g/mol. The average Bonchev–Trinajstić information content (AvgIpc) is 2.82. The van der Waals surface area contributed by atoms with E-state index >= 15 is 0 Å². The molecule has 1 atom stereocenters. The second-order valence-corrected chi connectivity index (χ2v) is 10.9. The van der Waals surface area contributed by atoms with Crippen molar-refractivity contribution in [3.8, 4) is 17.0 Å². The SMILES string of the molecule is CC(C)C(C(=O)O)c1cccc(N2CC3(C2)CN(c2ccc4cc(-c5ccccc5O)nnc4c2)C3)c1. The Morgan fingerprint density at radius 3 is 2.24 bits per heavy atom. The van der Waals surface area contributed by atoms with Crippen molar-refractivity contribution in [3.05, 3.63) is 78.4 Å². The summed E-state index contributed by atoms with van der Waals surface area (Å²) in [7, 11) is 0. The standard InChI is InChI=1S/C30H30N4O3/c1-19(2)28(29(36)37)21-6-5-7-22(12-21)33-15-30(16-33)17-34(18-30)23-11-10-20-13-26(32-31-25(20)14-23)24-8-3-4-9-27(24)35/h3-14,19,28,35H,15-18H2,1-2H3,(H,36,37). The lowest BCUT2D eigenvalue weighted by atomic mass is 9.72. The number of carboxylic acids is 1. The molecule has 3 heterocycles. The Kier molecular flexibility index (Phi) is 5.51.